The Morgan fingerprint density at radius 2 is 1.95 bits per heavy atom. The van der Waals surface area contributed by atoms with Gasteiger partial charge in [-0.05, 0) is 29.1 Å². The van der Waals surface area contributed by atoms with Crippen molar-refractivity contribution in [2.75, 3.05) is 0 Å². The average molecular weight is 301 g/mol. The fourth-order valence-corrected chi connectivity index (χ4v) is 3.24. The highest BCUT2D eigenvalue weighted by atomic mass is 32.1. The Labute approximate surface area is 124 Å². The number of aromatic nitrogens is 1. The number of thiophene rings is 1. The van der Waals surface area contributed by atoms with Gasteiger partial charge in [0.25, 0.3) is 0 Å². The van der Waals surface area contributed by atoms with Gasteiger partial charge in [-0.2, -0.15) is 11.3 Å². The minimum absolute atomic E-state index is 0.00201. The number of aromatic hydroxyl groups is 1. The first-order valence-electron chi connectivity index (χ1n) is 6.01. The maximum Gasteiger partial charge on any atom is 0.195 e. The summed E-state index contributed by atoms with van der Waals surface area (Å²) < 4.78 is 0. The second kappa shape index (κ2) is 5.56. The van der Waals surface area contributed by atoms with Crippen molar-refractivity contribution in [3.05, 3.63) is 57.0 Å². The lowest BCUT2D eigenvalue weighted by Gasteiger charge is -1.99. The Morgan fingerprint density at radius 1 is 1.15 bits per heavy atom. The lowest BCUT2D eigenvalue weighted by Crippen LogP contribution is -2.02. The molecule has 0 atom stereocenters. The molecule has 0 aliphatic heterocycles. The van der Waals surface area contributed by atoms with Crippen molar-refractivity contribution in [2.24, 2.45) is 0 Å². The molecule has 3 aromatic rings. The predicted octanol–water partition coefficient (Wildman–Crippen LogP) is 4.00. The lowest BCUT2D eigenvalue weighted by molar-refractivity contribution is 0.0992. The first-order valence-corrected chi connectivity index (χ1v) is 7.84. The van der Waals surface area contributed by atoms with Crippen LogP contribution >= 0.6 is 22.7 Å². The number of carbonyl (C=O) groups is 1. The van der Waals surface area contributed by atoms with Crippen molar-refractivity contribution in [3.8, 4) is 17.0 Å². The second-order valence-corrected chi connectivity index (χ2v) is 5.95. The molecular formula is C15H11NO2S2. The SMILES string of the molecule is O=C(Cc1ccc(O)cc1)c1nc(-c2ccsc2)cs1. The molecule has 0 saturated carbocycles. The summed E-state index contributed by atoms with van der Waals surface area (Å²) in [6.07, 6.45) is 0.302. The molecule has 1 aromatic carbocycles. The number of Topliss-reactive ketones (excluding diaryl/α,β-unsaturated/α-hetero) is 1. The quantitative estimate of drug-likeness (QED) is 0.741. The lowest BCUT2D eigenvalue weighted by atomic mass is 10.1. The second-order valence-electron chi connectivity index (χ2n) is 4.32. The number of phenols is 1. The topological polar surface area (TPSA) is 50.2 Å². The van der Waals surface area contributed by atoms with Crippen molar-refractivity contribution in [1.82, 2.24) is 4.98 Å². The number of hydrogen-bond donors (Lipinski definition) is 1. The molecule has 20 heavy (non-hydrogen) atoms. The summed E-state index contributed by atoms with van der Waals surface area (Å²) in [6, 6.07) is 8.66. The Bertz CT molecular complexity index is 715. The number of hydrogen-bond acceptors (Lipinski definition) is 5. The zero-order chi connectivity index (χ0) is 13.9. The average Bonchev–Trinajstić information content (AvgIpc) is 3.11. The monoisotopic (exact) mass is 301 g/mol. The molecule has 0 saturated heterocycles. The normalized spacial score (nSPS) is 10.6. The molecule has 0 radical (unpaired) electrons. The van der Waals surface area contributed by atoms with E-state index in [1.54, 1.807) is 35.6 Å². The van der Waals surface area contributed by atoms with E-state index in [4.69, 9.17) is 0 Å². The standard InChI is InChI=1S/C15H11NO2S2/c17-12-3-1-10(2-4-12)7-14(18)15-16-13(9-20-15)11-5-6-19-8-11/h1-6,8-9,17H,7H2. The zero-order valence-electron chi connectivity index (χ0n) is 10.4. The van der Waals surface area contributed by atoms with E-state index < -0.39 is 0 Å². The van der Waals surface area contributed by atoms with Gasteiger partial charge in [0.15, 0.2) is 10.8 Å². The zero-order valence-corrected chi connectivity index (χ0v) is 12.1. The van der Waals surface area contributed by atoms with E-state index >= 15 is 0 Å². The van der Waals surface area contributed by atoms with E-state index in [1.807, 2.05) is 22.2 Å². The molecule has 2 aromatic heterocycles. The van der Waals surface area contributed by atoms with Gasteiger partial charge >= 0.3 is 0 Å². The van der Waals surface area contributed by atoms with Crippen LogP contribution in [0.25, 0.3) is 11.3 Å². The fourth-order valence-electron chi connectivity index (χ4n) is 1.82. The summed E-state index contributed by atoms with van der Waals surface area (Å²) in [6.45, 7) is 0. The molecule has 0 aliphatic rings. The van der Waals surface area contributed by atoms with Gasteiger partial charge in [0.05, 0.1) is 5.69 Å². The van der Waals surface area contributed by atoms with Crippen LogP contribution in [0, 0.1) is 0 Å². The van der Waals surface area contributed by atoms with Gasteiger partial charge in [0, 0.05) is 22.7 Å². The van der Waals surface area contributed by atoms with Gasteiger partial charge < -0.3 is 5.11 Å². The van der Waals surface area contributed by atoms with E-state index in [9.17, 15) is 9.90 Å². The van der Waals surface area contributed by atoms with E-state index in [0.29, 0.717) is 11.4 Å². The molecule has 0 spiro atoms. The van der Waals surface area contributed by atoms with Crippen LogP contribution in [0.5, 0.6) is 5.75 Å². The molecule has 0 amide bonds. The van der Waals surface area contributed by atoms with Gasteiger partial charge in [-0.25, -0.2) is 4.98 Å². The van der Waals surface area contributed by atoms with Crippen molar-refractivity contribution in [3.63, 3.8) is 0 Å². The third kappa shape index (κ3) is 2.79. The van der Waals surface area contributed by atoms with Crippen molar-refractivity contribution in [2.45, 2.75) is 6.42 Å². The van der Waals surface area contributed by atoms with Crippen LogP contribution in [0.1, 0.15) is 15.4 Å². The van der Waals surface area contributed by atoms with Gasteiger partial charge in [-0.3, -0.25) is 4.79 Å². The van der Waals surface area contributed by atoms with Crippen LogP contribution in [0.3, 0.4) is 0 Å². The fraction of sp³-hybridized carbons (Fsp3) is 0.0667. The summed E-state index contributed by atoms with van der Waals surface area (Å²) >= 11 is 2.98. The highest BCUT2D eigenvalue weighted by Crippen LogP contribution is 2.24. The molecule has 5 heteroatoms. The number of rotatable bonds is 4. The van der Waals surface area contributed by atoms with Crippen LogP contribution in [0.15, 0.2) is 46.5 Å². The molecule has 100 valence electrons. The number of nitrogens with zero attached hydrogens (tertiary/aromatic N) is 1. The molecule has 1 N–H and O–H groups in total. The van der Waals surface area contributed by atoms with E-state index in [2.05, 4.69) is 4.98 Å². The number of thiazole rings is 1. The van der Waals surface area contributed by atoms with Gasteiger partial charge in [-0.1, -0.05) is 12.1 Å². The maximum atomic E-state index is 12.2. The summed E-state index contributed by atoms with van der Waals surface area (Å²) in [5.41, 5.74) is 2.78. The first-order chi connectivity index (χ1) is 9.72. The molecule has 3 nitrogen and oxygen atoms in total. The minimum Gasteiger partial charge on any atom is -0.508 e. The molecule has 0 fully saturated rings. The number of benzene rings is 1. The number of phenolic OH excluding ortho intramolecular Hbond substituents is 1. The molecule has 0 bridgehead atoms. The Hall–Kier alpha value is -1.98. The highest BCUT2D eigenvalue weighted by Gasteiger charge is 2.13. The van der Waals surface area contributed by atoms with Gasteiger partial charge in [0.1, 0.15) is 5.75 Å². The molecule has 2 heterocycles. The summed E-state index contributed by atoms with van der Waals surface area (Å²) in [5, 5.41) is 15.7. The van der Waals surface area contributed by atoms with Gasteiger partial charge in [0.2, 0.25) is 0 Å². The molecule has 0 unspecified atom stereocenters. The van der Waals surface area contributed by atoms with Crippen molar-refractivity contribution in [1.29, 1.82) is 0 Å². The van der Waals surface area contributed by atoms with E-state index in [0.717, 1.165) is 16.8 Å². The van der Waals surface area contributed by atoms with Crippen molar-refractivity contribution >= 4 is 28.5 Å². The van der Waals surface area contributed by atoms with Crippen LogP contribution in [-0.2, 0) is 6.42 Å². The van der Waals surface area contributed by atoms with Crippen molar-refractivity contribution < 1.29 is 9.90 Å². The first kappa shape index (κ1) is 13.0. The third-order valence-electron chi connectivity index (χ3n) is 2.86. The van der Waals surface area contributed by atoms with Crippen LogP contribution < -0.4 is 0 Å². The molecular weight excluding hydrogens is 290 g/mol. The molecule has 3 rings (SSSR count). The van der Waals surface area contributed by atoms with Gasteiger partial charge in [-0.15, -0.1) is 11.3 Å². The van der Waals surface area contributed by atoms with Crippen LogP contribution in [0.2, 0.25) is 0 Å². The summed E-state index contributed by atoms with van der Waals surface area (Å²) in [7, 11) is 0. The Morgan fingerprint density at radius 3 is 2.65 bits per heavy atom. The molecule has 0 aliphatic carbocycles. The smallest absolute Gasteiger partial charge is 0.195 e. The highest BCUT2D eigenvalue weighted by molar-refractivity contribution is 7.12. The largest absolute Gasteiger partial charge is 0.508 e. The predicted molar refractivity (Wildman–Crippen MR) is 81.6 cm³/mol. The van der Waals surface area contributed by atoms with Crippen LogP contribution in [0.4, 0.5) is 0 Å². The van der Waals surface area contributed by atoms with E-state index in [1.165, 1.54) is 11.3 Å². The number of carbonyl (C=O) groups excluding carboxylic acids is 1. The Balaban J connectivity index is 1.76. The summed E-state index contributed by atoms with van der Waals surface area (Å²) in [4.78, 5) is 16.6. The van der Waals surface area contributed by atoms with Crippen LogP contribution in [-0.4, -0.2) is 15.9 Å². The number of ketones is 1. The summed E-state index contributed by atoms with van der Waals surface area (Å²) in [5.74, 6) is 0.206. The minimum atomic E-state index is 0.00201. The Kier molecular flexibility index (Phi) is 3.62. The maximum absolute atomic E-state index is 12.2. The third-order valence-corrected chi connectivity index (χ3v) is 4.43. The van der Waals surface area contributed by atoms with E-state index in [-0.39, 0.29) is 11.5 Å².